The smallest absolute Gasteiger partial charge is 0.235 e. The van der Waals surface area contributed by atoms with E-state index in [0.717, 1.165) is 0 Å². The summed E-state index contributed by atoms with van der Waals surface area (Å²) in [4.78, 5) is 6.19. The summed E-state index contributed by atoms with van der Waals surface area (Å²) in [7, 11) is 0. The maximum absolute atomic E-state index is 13.0. The summed E-state index contributed by atoms with van der Waals surface area (Å²) in [5.74, 6) is 0.439. The third-order valence-corrected chi connectivity index (χ3v) is 3.51. The highest BCUT2D eigenvalue weighted by Crippen LogP contribution is 2.30. The highest BCUT2D eigenvalue weighted by molar-refractivity contribution is 5.59. The molecule has 2 aromatic rings. The van der Waals surface area contributed by atoms with Gasteiger partial charge in [0.25, 0.3) is 0 Å². The maximum Gasteiger partial charge on any atom is 0.235 e. The van der Waals surface area contributed by atoms with E-state index in [1.54, 1.807) is 12.1 Å². The Morgan fingerprint density at radius 1 is 1.23 bits per heavy atom. The van der Waals surface area contributed by atoms with Crippen molar-refractivity contribution in [2.45, 2.75) is 26.1 Å². The van der Waals surface area contributed by atoms with Crippen LogP contribution < -0.4 is 4.90 Å². The van der Waals surface area contributed by atoms with E-state index in [1.807, 2.05) is 18.7 Å². The number of anilines is 1. The maximum atomic E-state index is 13.0. The minimum absolute atomic E-state index is 0.0506. The van der Waals surface area contributed by atoms with E-state index in [1.165, 1.54) is 12.1 Å². The summed E-state index contributed by atoms with van der Waals surface area (Å²) >= 11 is 0. The molecule has 1 aromatic heterocycles. The Bertz CT molecular complexity index is 695. The van der Waals surface area contributed by atoms with Crippen molar-refractivity contribution in [1.82, 2.24) is 4.98 Å². The minimum Gasteiger partial charge on any atom is -0.419 e. The highest BCUT2D eigenvalue weighted by Gasteiger charge is 2.28. The van der Waals surface area contributed by atoms with Crippen LogP contribution in [-0.2, 0) is 4.74 Å². The van der Waals surface area contributed by atoms with Crippen LogP contribution in [0.2, 0.25) is 0 Å². The van der Waals surface area contributed by atoms with Crippen molar-refractivity contribution in [3.63, 3.8) is 0 Å². The zero-order valence-corrected chi connectivity index (χ0v) is 12.4. The zero-order valence-electron chi connectivity index (χ0n) is 12.4. The van der Waals surface area contributed by atoms with Crippen molar-refractivity contribution in [2.24, 2.45) is 0 Å². The normalized spacial score (nSPS) is 21.6. The molecule has 5 nitrogen and oxygen atoms in total. The van der Waals surface area contributed by atoms with Gasteiger partial charge in [0, 0.05) is 18.7 Å². The average Bonchev–Trinajstić information content (AvgIpc) is 2.91. The van der Waals surface area contributed by atoms with Crippen LogP contribution in [0.15, 0.2) is 28.7 Å². The summed E-state index contributed by atoms with van der Waals surface area (Å²) in [5.41, 5.74) is 0.874. The van der Waals surface area contributed by atoms with Crippen LogP contribution in [0.5, 0.6) is 0 Å². The van der Waals surface area contributed by atoms with Gasteiger partial charge in [-0.25, -0.2) is 4.39 Å². The topological polar surface area (TPSA) is 62.3 Å². The van der Waals surface area contributed by atoms with Crippen LogP contribution in [-0.4, -0.2) is 30.3 Å². The molecule has 0 unspecified atom stereocenters. The van der Waals surface area contributed by atoms with Crippen LogP contribution in [0.1, 0.15) is 19.5 Å². The number of benzene rings is 1. The first-order valence-electron chi connectivity index (χ1n) is 7.14. The fraction of sp³-hybridized carbons (Fsp3) is 0.375. The Kier molecular flexibility index (Phi) is 3.82. The number of aromatic nitrogens is 1. The first-order valence-corrected chi connectivity index (χ1v) is 7.14. The van der Waals surface area contributed by atoms with Gasteiger partial charge in [0.05, 0.1) is 12.2 Å². The summed E-state index contributed by atoms with van der Waals surface area (Å²) in [6.07, 6.45) is 0.101. The number of morpholine rings is 1. The quantitative estimate of drug-likeness (QED) is 0.853. The average molecular weight is 301 g/mol. The molecule has 0 amide bonds. The first-order chi connectivity index (χ1) is 10.6. The lowest BCUT2D eigenvalue weighted by Gasteiger charge is -2.34. The number of hydrogen-bond acceptors (Lipinski definition) is 5. The van der Waals surface area contributed by atoms with Crippen LogP contribution in [0.3, 0.4) is 0 Å². The van der Waals surface area contributed by atoms with Crippen molar-refractivity contribution >= 4 is 5.88 Å². The fourth-order valence-corrected chi connectivity index (χ4v) is 2.66. The molecule has 0 N–H and O–H groups in total. The summed E-state index contributed by atoms with van der Waals surface area (Å²) in [6.45, 7) is 5.23. The molecule has 0 radical (unpaired) electrons. The Labute approximate surface area is 127 Å². The van der Waals surface area contributed by atoms with E-state index >= 15 is 0 Å². The number of hydrogen-bond donors (Lipinski definition) is 0. The molecule has 114 valence electrons. The Balaban J connectivity index is 1.95. The largest absolute Gasteiger partial charge is 0.419 e. The van der Waals surface area contributed by atoms with Crippen molar-refractivity contribution in [3.05, 3.63) is 35.8 Å². The summed E-state index contributed by atoms with van der Waals surface area (Å²) in [5, 5.41) is 9.29. The second kappa shape index (κ2) is 5.78. The molecule has 1 aliphatic heterocycles. The van der Waals surface area contributed by atoms with Gasteiger partial charge >= 0.3 is 0 Å². The van der Waals surface area contributed by atoms with E-state index in [-0.39, 0.29) is 23.7 Å². The van der Waals surface area contributed by atoms with Gasteiger partial charge in [-0.1, -0.05) is 0 Å². The van der Waals surface area contributed by atoms with Crippen molar-refractivity contribution in [3.8, 4) is 17.5 Å². The molecule has 0 bridgehead atoms. The monoisotopic (exact) mass is 301 g/mol. The van der Waals surface area contributed by atoms with Crippen LogP contribution in [0.4, 0.5) is 10.3 Å². The molecule has 0 aliphatic carbocycles. The predicted octanol–water partition coefficient (Wildman–Crippen LogP) is 2.97. The molecule has 2 atom stereocenters. The lowest BCUT2D eigenvalue weighted by molar-refractivity contribution is -0.00638. The molecule has 1 aliphatic rings. The number of ether oxygens (including phenoxy) is 1. The molecular weight excluding hydrogens is 285 g/mol. The minimum atomic E-state index is -0.327. The molecular formula is C16H16FN3O2. The van der Waals surface area contributed by atoms with E-state index in [9.17, 15) is 9.65 Å². The molecule has 3 rings (SSSR count). The number of nitriles is 1. The Hall–Kier alpha value is -2.39. The van der Waals surface area contributed by atoms with Crippen molar-refractivity contribution in [2.75, 3.05) is 18.0 Å². The van der Waals surface area contributed by atoms with Gasteiger partial charge in [-0.05, 0) is 38.1 Å². The van der Waals surface area contributed by atoms with E-state index in [0.29, 0.717) is 30.4 Å². The van der Waals surface area contributed by atoms with Gasteiger partial charge in [0.15, 0.2) is 0 Å². The molecule has 1 saturated heterocycles. The van der Waals surface area contributed by atoms with Gasteiger partial charge in [-0.2, -0.15) is 10.2 Å². The number of oxazole rings is 1. The lowest BCUT2D eigenvalue weighted by Crippen LogP contribution is -2.45. The van der Waals surface area contributed by atoms with E-state index < -0.39 is 0 Å². The standard InChI is InChI=1S/C16H16FN3O2/c1-10-8-20(9-11(2)21-10)16-14(7-18)19-15(22-16)12-3-5-13(17)6-4-12/h3-6,10-11H,8-9H2,1-2H3/t10-,11+. The van der Waals surface area contributed by atoms with Crippen LogP contribution in [0.25, 0.3) is 11.5 Å². The second-order valence-electron chi connectivity index (χ2n) is 5.45. The SMILES string of the molecule is C[C@@H]1CN(c2oc(-c3ccc(F)cc3)nc2C#N)C[C@H](C)O1. The molecule has 1 aromatic carbocycles. The Morgan fingerprint density at radius 2 is 1.86 bits per heavy atom. The molecule has 22 heavy (non-hydrogen) atoms. The zero-order chi connectivity index (χ0) is 15.7. The number of rotatable bonds is 2. The highest BCUT2D eigenvalue weighted by atomic mass is 19.1. The number of nitrogens with zero attached hydrogens (tertiary/aromatic N) is 3. The Morgan fingerprint density at radius 3 is 2.45 bits per heavy atom. The van der Waals surface area contributed by atoms with Gasteiger partial charge in [0.2, 0.25) is 17.5 Å². The van der Waals surface area contributed by atoms with Gasteiger partial charge in [0.1, 0.15) is 11.9 Å². The molecule has 1 fully saturated rings. The van der Waals surface area contributed by atoms with Crippen molar-refractivity contribution in [1.29, 1.82) is 5.26 Å². The van der Waals surface area contributed by atoms with Crippen molar-refractivity contribution < 1.29 is 13.5 Å². The first kappa shape index (κ1) is 14.5. The third-order valence-electron chi connectivity index (χ3n) is 3.51. The van der Waals surface area contributed by atoms with E-state index in [2.05, 4.69) is 11.1 Å². The van der Waals surface area contributed by atoms with Gasteiger partial charge in [-0.3, -0.25) is 0 Å². The predicted molar refractivity (Wildman–Crippen MR) is 78.8 cm³/mol. The lowest BCUT2D eigenvalue weighted by atomic mass is 10.2. The van der Waals surface area contributed by atoms with Gasteiger partial charge < -0.3 is 14.1 Å². The van der Waals surface area contributed by atoms with Gasteiger partial charge in [-0.15, -0.1) is 0 Å². The molecule has 0 saturated carbocycles. The third kappa shape index (κ3) is 2.81. The van der Waals surface area contributed by atoms with E-state index in [4.69, 9.17) is 9.15 Å². The molecule has 2 heterocycles. The summed E-state index contributed by atoms with van der Waals surface area (Å²) < 4.78 is 24.5. The second-order valence-corrected chi connectivity index (χ2v) is 5.45. The molecule has 6 heteroatoms. The van der Waals surface area contributed by atoms with Crippen LogP contribution >= 0.6 is 0 Å². The fourth-order valence-electron chi connectivity index (χ4n) is 2.66. The summed E-state index contributed by atoms with van der Waals surface area (Å²) in [6, 6.07) is 7.90. The molecule has 0 spiro atoms. The number of halogens is 1. The van der Waals surface area contributed by atoms with Crippen LogP contribution in [0, 0.1) is 17.1 Å².